The maximum absolute atomic E-state index is 12.4. The zero-order valence-electron chi connectivity index (χ0n) is 10.4. The Labute approximate surface area is 110 Å². The van der Waals surface area contributed by atoms with Crippen LogP contribution in [0.15, 0.2) is 4.52 Å². The molecule has 2 heterocycles. The van der Waals surface area contributed by atoms with Gasteiger partial charge in [-0.3, -0.25) is 0 Å². The number of hydrogen-bond acceptors (Lipinski definition) is 6. The lowest BCUT2D eigenvalue weighted by atomic mass is 10.1. The van der Waals surface area contributed by atoms with Crippen LogP contribution in [0, 0.1) is 13.8 Å². The van der Waals surface area contributed by atoms with Crippen molar-refractivity contribution in [3.63, 3.8) is 0 Å². The molecule has 2 rings (SSSR count). The molecule has 0 saturated heterocycles. The summed E-state index contributed by atoms with van der Waals surface area (Å²) in [6.07, 6.45) is -4.47. The molecular formula is C10H11F3N4OS. The van der Waals surface area contributed by atoms with Crippen LogP contribution in [-0.4, -0.2) is 15.4 Å². The van der Waals surface area contributed by atoms with Crippen LogP contribution in [0.4, 0.5) is 18.3 Å². The molecule has 0 bridgehead atoms. The molecule has 2 aromatic heterocycles. The summed E-state index contributed by atoms with van der Waals surface area (Å²) in [4.78, 5) is 0. The van der Waals surface area contributed by atoms with E-state index in [2.05, 4.69) is 20.7 Å². The summed E-state index contributed by atoms with van der Waals surface area (Å²) in [5, 5.41) is 12.4. The minimum atomic E-state index is -4.47. The summed E-state index contributed by atoms with van der Waals surface area (Å²) in [5.41, 5.74) is 1.50. The number of anilines is 1. The van der Waals surface area contributed by atoms with Gasteiger partial charge in [-0.25, -0.2) is 0 Å². The minimum absolute atomic E-state index is 0.111. The molecule has 5 nitrogen and oxygen atoms in total. The predicted octanol–water partition coefficient (Wildman–Crippen LogP) is 3.33. The lowest BCUT2D eigenvalue weighted by Crippen LogP contribution is -2.08. The van der Waals surface area contributed by atoms with Gasteiger partial charge in [0.05, 0.1) is 11.7 Å². The van der Waals surface area contributed by atoms with Gasteiger partial charge in [0.25, 0.3) is 0 Å². The summed E-state index contributed by atoms with van der Waals surface area (Å²) < 4.78 is 42.2. The van der Waals surface area contributed by atoms with E-state index in [-0.39, 0.29) is 11.2 Å². The lowest BCUT2D eigenvalue weighted by Gasteiger charge is -2.11. The highest BCUT2D eigenvalue weighted by Crippen LogP contribution is 2.34. The lowest BCUT2D eigenvalue weighted by molar-refractivity contribution is -0.138. The van der Waals surface area contributed by atoms with E-state index in [1.54, 1.807) is 20.8 Å². The number of nitrogens with one attached hydrogen (secondary N) is 1. The first-order valence-corrected chi connectivity index (χ1v) is 6.20. The van der Waals surface area contributed by atoms with Crippen molar-refractivity contribution >= 4 is 16.5 Å². The standard InChI is InChI=1S/C10H11F3N4OS/c1-4(7-5(2)17-18-6(7)3)14-9-16-15-8(19-9)10(11,12)13/h4H,1-3H3,(H,14,16)/t4-/m1/s1. The number of nitrogens with zero attached hydrogens (tertiary/aromatic N) is 3. The third-order valence-corrected chi connectivity index (χ3v) is 3.43. The number of aryl methyl sites for hydroxylation is 2. The van der Waals surface area contributed by atoms with Crippen LogP contribution in [0.1, 0.15) is 35.0 Å². The fourth-order valence-electron chi connectivity index (χ4n) is 1.76. The molecule has 0 spiro atoms. The number of hydrogen-bond donors (Lipinski definition) is 1. The fraction of sp³-hybridized carbons (Fsp3) is 0.500. The Morgan fingerprint density at radius 3 is 2.42 bits per heavy atom. The van der Waals surface area contributed by atoms with Gasteiger partial charge in [0.1, 0.15) is 5.76 Å². The molecule has 0 amide bonds. The normalized spacial score (nSPS) is 13.6. The van der Waals surface area contributed by atoms with Gasteiger partial charge in [0.15, 0.2) is 0 Å². The van der Waals surface area contributed by atoms with Crippen molar-refractivity contribution in [3.8, 4) is 0 Å². The number of halogens is 3. The van der Waals surface area contributed by atoms with Gasteiger partial charge in [-0.1, -0.05) is 16.5 Å². The molecular weight excluding hydrogens is 281 g/mol. The maximum Gasteiger partial charge on any atom is 0.445 e. The van der Waals surface area contributed by atoms with Gasteiger partial charge in [-0.15, -0.1) is 10.2 Å². The molecule has 1 N–H and O–H groups in total. The molecule has 1 atom stereocenters. The molecule has 0 aliphatic rings. The highest BCUT2D eigenvalue weighted by atomic mass is 32.1. The second kappa shape index (κ2) is 4.80. The van der Waals surface area contributed by atoms with Crippen LogP contribution >= 0.6 is 11.3 Å². The van der Waals surface area contributed by atoms with E-state index in [9.17, 15) is 13.2 Å². The van der Waals surface area contributed by atoms with E-state index in [0.29, 0.717) is 22.8 Å². The Balaban J connectivity index is 2.16. The maximum atomic E-state index is 12.4. The van der Waals surface area contributed by atoms with Crippen LogP contribution in [0.5, 0.6) is 0 Å². The summed E-state index contributed by atoms with van der Waals surface area (Å²) in [5.74, 6) is 0.623. The molecule has 2 aromatic rings. The number of aromatic nitrogens is 3. The van der Waals surface area contributed by atoms with Crippen molar-refractivity contribution in [2.75, 3.05) is 5.32 Å². The summed E-state index contributed by atoms with van der Waals surface area (Å²) >= 11 is 0.468. The Morgan fingerprint density at radius 2 is 1.95 bits per heavy atom. The predicted molar refractivity (Wildman–Crippen MR) is 62.9 cm³/mol. The Hall–Kier alpha value is -1.64. The van der Waals surface area contributed by atoms with Crippen LogP contribution in [0.3, 0.4) is 0 Å². The van der Waals surface area contributed by atoms with Crippen LogP contribution in [-0.2, 0) is 6.18 Å². The van der Waals surface area contributed by atoms with Crippen molar-refractivity contribution < 1.29 is 17.7 Å². The molecule has 0 fully saturated rings. The molecule has 0 aliphatic heterocycles. The highest BCUT2D eigenvalue weighted by Gasteiger charge is 2.35. The van der Waals surface area contributed by atoms with Gasteiger partial charge in [0.2, 0.25) is 10.1 Å². The van der Waals surface area contributed by atoms with Crippen LogP contribution in [0.2, 0.25) is 0 Å². The Kier molecular flexibility index (Phi) is 3.48. The minimum Gasteiger partial charge on any atom is -0.361 e. The Bertz CT molecular complexity index is 558. The quantitative estimate of drug-likeness (QED) is 0.940. The van der Waals surface area contributed by atoms with Crippen LogP contribution in [0.25, 0.3) is 0 Å². The first-order chi connectivity index (χ1) is 8.79. The summed E-state index contributed by atoms with van der Waals surface area (Å²) in [7, 11) is 0. The third kappa shape index (κ3) is 2.86. The van der Waals surface area contributed by atoms with Gasteiger partial charge >= 0.3 is 6.18 Å². The molecule has 0 aliphatic carbocycles. The van der Waals surface area contributed by atoms with E-state index in [0.717, 1.165) is 5.56 Å². The average Bonchev–Trinajstić information content (AvgIpc) is 2.85. The highest BCUT2D eigenvalue weighted by molar-refractivity contribution is 7.15. The van der Waals surface area contributed by atoms with Crippen molar-refractivity contribution in [2.24, 2.45) is 0 Å². The smallest absolute Gasteiger partial charge is 0.361 e. The van der Waals surface area contributed by atoms with E-state index in [4.69, 9.17) is 4.52 Å². The van der Waals surface area contributed by atoms with E-state index < -0.39 is 11.2 Å². The van der Waals surface area contributed by atoms with Gasteiger partial charge < -0.3 is 9.84 Å². The van der Waals surface area contributed by atoms with E-state index in [1.807, 2.05) is 0 Å². The molecule has 0 radical (unpaired) electrons. The molecule has 9 heteroatoms. The van der Waals surface area contributed by atoms with Crippen molar-refractivity contribution in [1.29, 1.82) is 0 Å². The monoisotopic (exact) mass is 292 g/mol. The second-order valence-electron chi connectivity index (χ2n) is 4.01. The summed E-state index contributed by atoms with van der Waals surface area (Å²) in [6, 6.07) is -0.264. The Morgan fingerprint density at radius 1 is 1.26 bits per heavy atom. The first-order valence-electron chi connectivity index (χ1n) is 5.39. The van der Waals surface area contributed by atoms with Crippen molar-refractivity contribution in [3.05, 3.63) is 22.0 Å². The summed E-state index contributed by atoms with van der Waals surface area (Å²) in [6.45, 7) is 5.31. The van der Waals surface area contributed by atoms with E-state index >= 15 is 0 Å². The second-order valence-corrected chi connectivity index (χ2v) is 4.99. The van der Waals surface area contributed by atoms with Gasteiger partial charge in [-0.2, -0.15) is 13.2 Å². The average molecular weight is 292 g/mol. The van der Waals surface area contributed by atoms with Crippen molar-refractivity contribution in [2.45, 2.75) is 33.0 Å². The fourth-order valence-corrected chi connectivity index (χ4v) is 2.46. The molecule has 0 aromatic carbocycles. The molecule has 0 unspecified atom stereocenters. The van der Waals surface area contributed by atoms with E-state index in [1.165, 1.54) is 0 Å². The largest absolute Gasteiger partial charge is 0.445 e. The molecule has 104 valence electrons. The number of rotatable bonds is 3. The van der Waals surface area contributed by atoms with Gasteiger partial charge in [-0.05, 0) is 20.8 Å². The third-order valence-electron chi connectivity index (χ3n) is 2.53. The molecule has 19 heavy (non-hydrogen) atoms. The zero-order chi connectivity index (χ0) is 14.2. The first kappa shape index (κ1) is 13.8. The SMILES string of the molecule is Cc1noc(C)c1[C@@H](C)Nc1nnc(C(F)(F)F)s1. The van der Waals surface area contributed by atoms with Gasteiger partial charge in [0, 0.05) is 5.56 Å². The number of alkyl halides is 3. The van der Waals surface area contributed by atoms with Crippen LogP contribution < -0.4 is 5.32 Å². The topological polar surface area (TPSA) is 63.8 Å². The molecule has 0 saturated carbocycles. The zero-order valence-corrected chi connectivity index (χ0v) is 11.2. The van der Waals surface area contributed by atoms with Crippen molar-refractivity contribution in [1.82, 2.24) is 15.4 Å².